The van der Waals surface area contributed by atoms with Gasteiger partial charge in [0.05, 0.1) is 13.2 Å². The fourth-order valence-corrected chi connectivity index (χ4v) is 2.78. The zero-order valence-corrected chi connectivity index (χ0v) is 13.2. The third-order valence-corrected chi connectivity index (χ3v) is 4.09. The summed E-state index contributed by atoms with van der Waals surface area (Å²) in [5.74, 6) is -0.0110. The second-order valence-electron chi connectivity index (χ2n) is 5.69. The predicted octanol–water partition coefficient (Wildman–Crippen LogP) is 3.67. The number of rotatable bonds is 6. The van der Waals surface area contributed by atoms with Gasteiger partial charge in [0.15, 0.2) is 11.6 Å². The Morgan fingerprint density at radius 3 is 2.43 bits per heavy atom. The molecule has 1 aliphatic rings. The summed E-state index contributed by atoms with van der Waals surface area (Å²) in [7, 11) is 0. The van der Waals surface area contributed by atoms with Gasteiger partial charge in [0, 0.05) is 26.1 Å². The van der Waals surface area contributed by atoms with E-state index in [9.17, 15) is 4.39 Å². The molecule has 1 saturated heterocycles. The van der Waals surface area contributed by atoms with E-state index in [0.717, 1.165) is 44.8 Å². The third-order valence-electron chi connectivity index (χ3n) is 4.09. The number of benzene rings is 2. The van der Waals surface area contributed by atoms with Gasteiger partial charge in [-0.2, -0.15) is 0 Å². The number of halogens is 1. The lowest BCUT2D eigenvalue weighted by atomic mass is 10.1. The Bertz CT molecular complexity index is 599. The van der Waals surface area contributed by atoms with Gasteiger partial charge >= 0.3 is 0 Å². The Morgan fingerprint density at radius 2 is 1.70 bits per heavy atom. The summed E-state index contributed by atoms with van der Waals surface area (Å²) in [5.41, 5.74) is 1.07. The third kappa shape index (κ3) is 4.53. The maximum absolute atomic E-state index is 13.9. The number of hydrogen-bond acceptors (Lipinski definition) is 3. The highest BCUT2D eigenvalue weighted by Gasteiger charge is 2.18. The summed E-state index contributed by atoms with van der Waals surface area (Å²) in [5, 5.41) is 0. The number of hydrogen-bond donors (Lipinski definition) is 0. The molecule has 0 amide bonds. The van der Waals surface area contributed by atoms with Gasteiger partial charge < -0.3 is 9.47 Å². The largest absolute Gasteiger partial charge is 0.483 e. The van der Waals surface area contributed by atoms with Crippen LogP contribution in [0.4, 0.5) is 4.39 Å². The monoisotopic (exact) mass is 315 g/mol. The molecule has 0 bridgehead atoms. The van der Waals surface area contributed by atoms with Crippen molar-refractivity contribution in [2.24, 2.45) is 0 Å². The number of morpholine rings is 1. The van der Waals surface area contributed by atoms with Gasteiger partial charge in [0.25, 0.3) is 0 Å². The fraction of sp³-hybridized carbons (Fsp3) is 0.368. The average molecular weight is 315 g/mol. The standard InChI is InChI=1S/C19H22FNO2/c20-17-8-4-5-9-19(17)23-18(16-6-2-1-3-7-16)10-11-21-12-14-22-15-13-21/h1-9,18H,10-15H2. The lowest BCUT2D eigenvalue weighted by Gasteiger charge is -2.28. The van der Waals surface area contributed by atoms with E-state index in [-0.39, 0.29) is 11.9 Å². The van der Waals surface area contributed by atoms with E-state index < -0.39 is 0 Å². The molecule has 4 heteroatoms. The molecule has 3 nitrogen and oxygen atoms in total. The van der Waals surface area contributed by atoms with Crippen molar-refractivity contribution in [3.8, 4) is 5.75 Å². The first-order valence-electron chi connectivity index (χ1n) is 8.09. The molecular weight excluding hydrogens is 293 g/mol. The number of ether oxygens (including phenoxy) is 2. The van der Waals surface area contributed by atoms with E-state index in [1.807, 2.05) is 30.3 Å². The molecule has 1 aliphatic heterocycles. The zero-order chi connectivity index (χ0) is 15.9. The van der Waals surface area contributed by atoms with Gasteiger partial charge in [0.2, 0.25) is 0 Å². The van der Waals surface area contributed by atoms with Gasteiger partial charge in [-0.1, -0.05) is 42.5 Å². The quantitative estimate of drug-likeness (QED) is 0.812. The number of nitrogens with zero attached hydrogens (tertiary/aromatic N) is 1. The molecule has 1 unspecified atom stereocenters. The summed E-state index contributed by atoms with van der Waals surface area (Å²) in [6.07, 6.45) is 0.661. The topological polar surface area (TPSA) is 21.7 Å². The SMILES string of the molecule is Fc1ccccc1OC(CCN1CCOCC1)c1ccccc1. The summed E-state index contributed by atoms with van der Waals surface area (Å²) in [6, 6.07) is 16.6. The summed E-state index contributed by atoms with van der Waals surface area (Å²) in [6.45, 7) is 4.37. The molecule has 0 saturated carbocycles. The van der Waals surface area contributed by atoms with E-state index in [2.05, 4.69) is 4.90 Å². The molecule has 3 rings (SSSR count). The minimum absolute atomic E-state index is 0.157. The molecule has 23 heavy (non-hydrogen) atoms. The molecule has 0 aromatic heterocycles. The smallest absolute Gasteiger partial charge is 0.165 e. The van der Waals surface area contributed by atoms with Gasteiger partial charge in [-0.3, -0.25) is 4.90 Å². The van der Waals surface area contributed by atoms with Crippen LogP contribution in [0.5, 0.6) is 5.75 Å². The van der Waals surface area contributed by atoms with Crippen molar-refractivity contribution in [1.29, 1.82) is 0 Å². The molecule has 1 atom stereocenters. The van der Waals surface area contributed by atoms with Crippen molar-refractivity contribution >= 4 is 0 Å². The second kappa shape index (κ2) is 8.09. The Morgan fingerprint density at radius 1 is 1.00 bits per heavy atom. The molecule has 0 aliphatic carbocycles. The first-order chi connectivity index (χ1) is 11.3. The zero-order valence-electron chi connectivity index (χ0n) is 13.2. The van der Waals surface area contributed by atoms with Crippen LogP contribution in [-0.4, -0.2) is 37.7 Å². The maximum Gasteiger partial charge on any atom is 0.165 e. The Labute approximate surface area is 136 Å². The molecule has 1 heterocycles. The highest BCUT2D eigenvalue weighted by atomic mass is 19.1. The van der Waals surface area contributed by atoms with E-state index in [0.29, 0.717) is 5.75 Å². The van der Waals surface area contributed by atoms with Gasteiger partial charge in [-0.25, -0.2) is 4.39 Å². The molecule has 0 spiro atoms. The number of para-hydroxylation sites is 1. The van der Waals surface area contributed by atoms with E-state index in [1.165, 1.54) is 6.07 Å². The Balaban J connectivity index is 1.70. The maximum atomic E-state index is 13.9. The molecule has 2 aromatic rings. The highest BCUT2D eigenvalue weighted by molar-refractivity contribution is 5.26. The van der Waals surface area contributed by atoms with Crippen LogP contribution in [0.3, 0.4) is 0 Å². The van der Waals surface area contributed by atoms with Crippen LogP contribution < -0.4 is 4.74 Å². The van der Waals surface area contributed by atoms with Gasteiger partial charge in [0.1, 0.15) is 6.10 Å². The second-order valence-corrected chi connectivity index (χ2v) is 5.69. The van der Waals surface area contributed by atoms with Crippen LogP contribution in [0.1, 0.15) is 18.1 Å². The Hall–Kier alpha value is -1.91. The van der Waals surface area contributed by atoms with Crippen molar-refractivity contribution in [3.63, 3.8) is 0 Å². The minimum Gasteiger partial charge on any atom is -0.483 e. The molecule has 1 fully saturated rings. The van der Waals surface area contributed by atoms with Crippen molar-refractivity contribution in [2.45, 2.75) is 12.5 Å². The van der Waals surface area contributed by atoms with Gasteiger partial charge in [-0.15, -0.1) is 0 Å². The van der Waals surface area contributed by atoms with Crippen molar-refractivity contribution in [3.05, 3.63) is 66.0 Å². The lowest BCUT2D eigenvalue weighted by molar-refractivity contribution is 0.0315. The van der Waals surface area contributed by atoms with Crippen molar-refractivity contribution < 1.29 is 13.9 Å². The molecule has 2 aromatic carbocycles. The first kappa shape index (κ1) is 16.0. The summed E-state index contributed by atoms with van der Waals surface area (Å²) < 4.78 is 25.3. The molecular formula is C19H22FNO2. The predicted molar refractivity (Wildman–Crippen MR) is 88.1 cm³/mol. The van der Waals surface area contributed by atoms with E-state index in [1.54, 1.807) is 18.2 Å². The van der Waals surface area contributed by atoms with Crippen molar-refractivity contribution in [2.75, 3.05) is 32.8 Å². The highest BCUT2D eigenvalue weighted by Crippen LogP contribution is 2.27. The first-order valence-corrected chi connectivity index (χ1v) is 8.09. The summed E-state index contributed by atoms with van der Waals surface area (Å²) >= 11 is 0. The van der Waals surface area contributed by atoms with Crippen LogP contribution in [0, 0.1) is 5.82 Å². The molecule has 0 N–H and O–H groups in total. The lowest BCUT2D eigenvalue weighted by Crippen LogP contribution is -2.37. The molecule has 0 radical (unpaired) electrons. The van der Waals surface area contributed by atoms with Crippen LogP contribution in [0.15, 0.2) is 54.6 Å². The van der Waals surface area contributed by atoms with E-state index in [4.69, 9.17) is 9.47 Å². The average Bonchev–Trinajstić information content (AvgIpc) is 2.62. The minimum atomic E-state index is -0.320. The van der Waals surface area contributed by atoms with Crippen LogP contribution in [0.2, 0.25) is 0 Å². The van der Waals surface area contributed by atoms with Crippen molar-refractivity contribution in [1.82, 2.24) is 4.90 Å². The van der Waals surface area contributed by atoms with Gasteiger partial charge in [-0.05, 0) is 17.7 Å². The normalized spacial score (nSPS) is 16.9. The van der Waals surface area contributed by atoms with E-state index >= 15 is 0 Å². The Kier molecular flexibility index (Phi) is 5.61. The molecule has 122 valence electrons. The van der Waals surface area contributed by atoms with Crippen LogP contribution in [-0.2, 0) is 4.74 Å². The van der Waals surface area contributed by atoms with Crippen LogP contribution >= 0.6 is 0 Å². The summed E-state index contributed by atoms with van der Waals surface area (Å²) in [4.78, 5) is 2.37. The van der Waals surface area contributed by atoms with Crippen LogP contribution in [0.25, 0.3) is 0 Å². The fourth-order valence-electron chi connectivity index (χ4n) is 2.78.